The number of ether oxygens (including phenoxy) is 2. The summed E-state index contributed by atoms with van der Waals surface area (Å²) in [5, 5.41) is 9.45. The lowest BCUT2D eigenvalue weighted by Gasteiger charge is -2.25. The minimum atomic E-state index is -1.54. The average molecular weight is 468 g/mol. The predicted molar refractivity (Wildman–Crippen MR) is 132 cm³/mol. The summed E-state index contributed by atoms with van der Waals surface area (Å²) >= 11 is 0. The number of hydrogen-bond acceptors (Lipinski definition) is 4. The van der Waals surface area contributed by atoms with Crippen LogP contribution in [0.5, 0.6) is 11.5 Å². The summed E-state index contributed by atoms with van der Waals surface area (Å²) in [6.45, 7) is 12.3. The van der Waals surface area contributed by atoms with Crippen LogP contribution in [0.1, 0.15) is 75.1 Å². The Morgan fingerprint density at radius 2 is 1.55 bits per heavy atom. The van der Waals surface area contributed by atoms with Gasteiger partial charge in [-0.05, 0) is 57.2 Å². The van der Waals surface area contributed by atoms with E-state index in [1.54, 1.807) is 18.2 Å². The van der Waals surface area contributed by atoms with E-state index in [4.69, 9.17) is 13.6 Å². The Bertz CT molecular complexity index is 634. The topological polar surface area (TPSA) is 65.0 Å². The molecule has 0 saturated heterocycles. The van der Waals surface area contributed by atoms with E-state index >= 15 is 0 Å². The van der Waals surface area contributed by atoms with E-state index in [2.05, 4.69) is 33.1 Å². The predicted octanol–water partition coefficient (Wildman–Crippen LogP) is 7.15. The lowest BCUT2D eigenvalue weighted by Crippen LogP contribution is -2.34. The van der Waals surface area contributed by atoms with Crippen molar-refractivity contribution in [2.45, 2.75) is 96.9 Å². The molecule has 177 valence electrons. The van der Waals surface area contributed by atoms with Gasteiger partial charge in [0, 0.05) is 6.07 Å². The van der Waals surface area contributed by atoms with Gasteiger partial charge in [-0.3, -0.25) is 0 Å². The molecule has 1 N–H and O–H groups in total. The van der Waals surface area contributed by atoms with Crippen molar-refractivity contribution in [1.82, 2.24) is 0 Å². The summed E-state index contributed by atoms with van der Waals surface area (Å²) in [4.78, 5) is 11.5. The fourth-order valence-corrected chi connectivity index (χ4v) is 9.51. The molecule has 0 aliphatic rings. The van der Waals surface area contributed by atoms with Gasteiger partial charge in [-0.2, -0.15) is 0 Å². The number of aromatic carboxylic acids is 1. The molecule has 0 saturated carbocycles. The Morgan fingerprint density at radius 1 is 0.935 bits per heavy atom. The minimum absolute atomic E-state index is 0.189. The summed E-state index contributed by atoms with van der Waals surface area (Å²) in [5.41, 5.74) is 0.189. The van der Waals surface area contributed by atoms with E-state index < -0.39 is 23.3 Å². The first-order valence-electron chi connectivity index (χ1n) is 11.9. The molecule has 0 aromatic heterocycles. The van der Waals surface area contributed by atoms with Gasteiger partial charge in [-0.15, -0.1) is 0 Å². The quantitative estimate of drug-likeness (QED) is 0.183. The normalized spacial score (nSPS) is 11.7. The molecule has 0 atom stereocenters. The second kappa shape index (κ2) is 15.5. The highest BCUT2D eigenvalue weighted by molar-refractivity contribution is 6.77. The molecule has 0 spiro atoms. The first kappa shape index (κ1) is 27.7. The van der Waals surface area contributed by atoms with Gasteiger partial charge in [-0.25, -0.2) is 4.79 Å². The largest absolute Gasteiger partial charge is 0.493 e. The molecular weight excluding hydrogens is 424 g/mol. The van der Waals surface area contributed by atoms with Crippen LogP contribution in [0.25, 0.3) is 0 Å². The highest BCUT2D eigenvalue weighted by Gasteiger charge is 2.23. The van der Waals surface area contributed by atoms with Gasteiger partial charge in [0.15, 0.2) is 17.4 Å². The number of carboxylic acids is 1. The number of unbranched alkanes of at least 4 members (excludes halogenated alkanes) is 7. The highest BCUT2D eigenvalue weighted by atomic mass is 28.4. The van der Waals surface area contributed by atoms with Gasteiger partial charge in [0.2, 0.25) is 0 Å². The molecule has 5 nitrogen and oxygen atoms in total. The molecule has 0 bridgehead atoms. The molecular formula is C24H43O5Si2. The van der Waals surface area contributed by atoms with Crippen LogP contribution >= 0.6 is 0 Å². The van der Waals surface area contributed by atoms with Crippen molar-refractivity contribution in [2.75, 3.05) is 13.2 Å². The molecule has 0 amide bonds. The molecule has 0 aliphatic carbocycles. The SMILES string of the molecule is CCCCCCCCOc1ccc(C(=O)O)c(OCCCCC[Si](C)(C)O[Si](C)C)c1. The zero-order valence-corrected chi connectivity index (χ0v) is 22.3. The summed E-state index contributed by atoms with van der Waals surface area (Å²) in [6, 6.07) is 6.17. The summed E-state index contributed by atoms with van der Waals surface area (Å²) in [7, 11) is -2.17. The van der Waals surface area contributed by atoms with E-state index in [1.807, 2.05) is 0 Å². The third kappa shape index (κ3) is 13.0. The van der Waals surface area contributed by atoms with Crippen LogP contribution in [0.2, 0.25) is 32.2 Å². The molecule has 1 radical (unpaired) electrons. The van der Waals surface area contributed by atoms with Crippen molar-refractivity contribution >= 4 is 23.3 Å². The zero-order valence-electron chi connectivity index (χ0n) is 20.3. The number of carbonyl (C=O) groups is 1. The molecule has 31 heavy (non-hydrogen) atoms. The van der Waals surface area contributed by atoms with E-state index in [-0.39, 0.29) is 5.56 Å². The Morgan fingerprint density at radius 3 is 2.19 bits per heavy atom. The number of benzene rings is 1. The molecule has 0 fully saturated rings. The fraction of sp³-hybridized carbons (Fsp3) is 0.708. The maximum atomic E-state index is 11.5. The minimum Gasteiger partial charge on any atom is -0.493 e. The maximum Gasteiger partial charge on any atom is 0.339 e. The molecule has 0 aliphatic heterocycles. The fourth-order valence-electron chi connectivity index (χ4n) is 3.58. The van der Waals surface area contributed by atoms with Crippen LogP contribution in [0, 0.1) is 0 Å². The molecule has 0 heterocycles. The standard InChI is InChI=1S/C24H43O5Si2/c1-6-7-8-9-10-12-17-27-21-15-16-22(24(25)26)23(20-21)28-18-13-11-14-19-31(4,5)29-30(2)3/h15-16,20H,6-14,17-19H2,1-5H3,(H,25,26). The van der Waals surface area contributed by atoms with Gasteiger partial charge < -0.3 is 18.7 Å². The van der Waals surface area contributed by atoms with Crippen molar-refractivity contribution in [3.05, 3.63) is 23.8 Å². The Kier molecular flexibility index (Phi) is 13.8. The van der Waals surface area contributed by atoms with Gasteiger partial charge >= 0.3 is 5.97 Å². The molecule has 1 aromatic carbocycles. The summed E-state index contributed by atoms with van der Waals surface area (Å²) in [5.74, 6) is 0.101. The Labute approximate surface area is 192 Å². The number of hydrogen-bond donors (Lipinski definition) is 1. The van der Waals surface area contributed by atoms with Crippen LogP contribution < -0.4 is 9.47 Å². The van der Waals surface area contributed by atoms with E-state index in [0.29, 0.717) is 24.7 Å². The van der Waals surface area contributed by atoms with Crippen molar-refractivity contribution in [3.8, 4) is 11.5 Å². The van der Waals surface area contributed by atoms with Crippen LogP contribution in [0.15, 0.2) is 18.2 Å². The van der Waals surface area contributed by atoms with Crippen LogP contribution in [-0.2, 0) is 4.12 Å². The number of rotatable bonds is 18. The smallest absolute Gasteiger partial charge is 0.339 e. The summed E-state index contributed by atoms with van der Waals surface area (Å²) in [6.07, 6.45) is 10.4. The van der Waals surface area contributed by atoms with E-state index in [9.17, 15) is 9.90 Å². The number of carboxylic acid groups (broad SMARTS) is 1. The molecule has 0 unspecified atom stereocenters. The van der Waals surface area contributed by atoms with Crippen LogP contribution in [-0.4, -0.2) is 41.6 Å². The van der Waals surface area contributed by atoms with E-state index in [0.717, 1.165) is 31.7 Å². The van der Waals surface area contributed by atoms with Gasteiger partial charge in [0.05, 0.1) is 13.2 Å². The second-order valence-corrected chi connectivity index (χ2v) is 15.7. The van der Waals surface area contributed by atoms with Gasteiger partial charge in [-0.1, -0.05) is 51.9 Å². The van der Waals surface area contributed by atoms with Crippen molar-refractivity contribution < 1.29 is 23.5 Å². The zero-order chi connectivity index (χ0) is 23.1. The molecule has 7 heteroatoms. The first-order chi connectivity index (χ1) is 14.7. The van der Waals surface area contributed by atoms with Gasteiger partial charge in [0.1, 0.15) is 17.1 Å². The lowest BCUT2D eigenvalue weighted by atomic mass is 10.1. The van der Waals surface area contributed by atoms with Crippen molar-refractivity contribution in [1.29, 1.82) is 0 Å². The van der Waals surface area contributed by atoms with E-state index in [1.165, 1.54) is 32.1 Å². The maximum absolute atomic E-state index is 11.5. The van der Waals surface area contributed by atoms with Crippen LogP contribution in [0.3, 0.4) is 0 Å². The third-order valence-corrected chi connectivity index (χ3v) is 10.5. The molecule has 1 rings (SSSR count). The molecule has 1 aromatic rings. The summed E-state index contributed by atoms with van der Waals surface area (Å²) < 4.78 is 17.8. The first-order valence-corrected chi connectivity index (χ1v) is 17.4. The van der Waals surface area contributed by atoms with Crippen molar-refractivity contribution in [3.63, 3.8) is 0 Å². The highest BCUT2D eigenvalue weighted by Crippen LogP contribution is 2.26. The van der Waals surface area contributed by atoms with Crippen molar-refractivity contribution in [2.24, 2.45) is 0 Å². The lowest BCUT2D eigenvalue weighted by molar-refractivity contribution is 0.0692. The van der Waals surface area contributed by atoms with Gasteiger partial charge in [0.25, 0.3) is 0 Å². The Balaban J connectivity index is 2.40. The monoisotopic (exact) mass is 467 g/mol. The van der Waals surface area contributed by atoms with Crippen LogP contribution in [0.4, 0.5) is 0 Å². The average Bonchev–Trinajstić information content (AvgIpc) is 2.68. The third-order valence-electron chi connectivity index (χ3n) is 5.11. The second-order valence-electron chi connectivity index (χ2n) is 9.01. The Hall–Kier alpha value is -1.32.